The number of likely N-dealkylation sites (tertiary alicyclic amines) is 1. The first-order chi connectivity index (χ1) is 12.7. The molecule has 1 saturated heterocycles. The van der Waals surface area contributed by atoms with Gasteiger partial charge in [-0.2, -0.15) is 0 Å². The lowest BCUT2D eigenvalue weighted by Crippen LogP contribution is -2.48. The van der Waals surface area contributed by atoms with Crippen molar-refractivity contribution in [1.82, 2.24) is 10.2 Å². The summed E-state index contributed by atoms with van der Waals surface area (Å²) in [5.41, 5.74) is 3.70. The molecule has 2 aliphatic rings. The summed E-state index contributed by atoms with van der Waals surface area (Å²) in [6, 6.07) is 17.2. The number of hydrogen-bond donors (Lipinski definition) is 1. The molecule has 1 unspecified atom stereocenters. The second-order valence-electron chi connectivity index (χ2n) is 7.34. The highest BCUT2D eigenvalue weighted by molar-refractivity contribution is 7.80. The van der Waals surface area contributed by atoms with Gasteiger partial charge in [-0.15, -0.1) is 0 Å². The molecule has 3 nitrogen and oxygen atoms in total. The molecule has 0 bridgehead atoms. The zero-order valence-corrected chi connectivity index (χ0v) is 16.1. The first-order valence-electron chi connectivity index (χ1n) is 9.47. The van der Waals surface area contributed by atoms with Crippen molar-refractivity contribution in [2.24, 2.45) is 0 Å². The Morgan fingerprint density at radius 3 is 2.62 bits per heavy atom. The fraction of sp³-hybridized carbons (Fsp3) is 0.409. The van der Waals surface area contributed by atoms with Crippen LogP contribution in [0.5, 0.6) is 5.75 Å². The fourth-order valence-electron chi connectivity index (χ4n) is 4.40. The minimum Gasteiger partial charge on any atom is -0.497 e. The van der Waals surface area contributed by atoms with Gasteiger partial charge in [-0.05, 0) is 68.2 Å². The molecule has 0 aromatic heterocycles. The van der Waals surface area contributed by atoms with Gasteiger partial charge in [0.15, 0.2) is 0 Å². The maximum Gasteiger partial charge on any atom is 0.119 e. The Morgan fingerprint density at radius 2 is 1.88 bits per heavy atom. The van der Waals surface area contributed by atoms with Crippen LogP contribution in [0.1, 0.15) is 36.0 Å². The Labute approximate surface area is 161 Å². The average molecular weight is 367 g/mol. The Morgan fingerprint density at radius 1 is 1.12 bits per heavy atom. The minimum atomic E-state index is -0.0873. The quantitative estimate of drug-likeness (QED) is 0.815. The van der Waals surface area contributed by atoms with Crippen LogP contribution in [0.3, 0.4) is 0 Å². The maximum absolute atomic E-state index is 5.62. The van der Waals surface area contributed by atoms with Crippen LogP contribution in [0.4, 0.5) is 0 Å². The van der Waals surface area contributed by atoms with Crippen molar-refractivity contribution in [2.75, 3.05) is 33.3 Å². The Kier molecular flexibility index (Phi) is 4.96. The minimum absolute atomic E-state index is 0.0873. The van der Waals surface area contributed by atoms with E-state index in [0.29, 0.717) is 0 Å². The second kappa shape index (κ2) is 7.37. The zero-order chi connectivity index (χ0) is 18.0. The first kappa shape index (κ1) is 17.5. The summed E-state index contributed by atoms with van der Waals surface area (Å²) >= 11 is 5.62. The number of fused-ring (bicyclic) bond motifs is 1. The largest absolute Gasteiger partial charge is 0.497 e. The van der Waals surface area contributed by atoms with Crippen molar-refractivity contribution in [3.05, 3.63) is 65.2 Å². The van der Waals surface area contributed by atoms with E-state index >= 15 is 0 Å². The molecule has 1 fully saturated rings. The van der Waals surface area contributed by atoms with Crippen molar-refractivity contribution in [1.29, 1.82) is 0 Å². The summed E-state index contributed by atoms with van der Waals surface area (Å²) in [5.74, 6) is 0.898. The second-order valence-corrected chi connectivity index (χ2v) is 7.75. The van der Waals surface area contributed by atoms with Gasteiger partial charge in [-0.3, -0.25) is 0 Å². The van der Waals surface area contributed by atoms with Gasteiger partial charge >= 0.3 is 0 Å². The molecule has 1 atom stereocenters. The van der Waals surface area contributed by atoms with E-state index in [1.54, 1.807) is 7.11 Å². The molecule has 0 spiro atoms. The third-order valence-electron chi connectivity index (χ3n) is 5.92. The SMILES string of the molecule is COc1ccc2c(c1)C(CCN1CCCC1)(c1ccccc1)CNC2=S. The van der Waals surface area contributed by atoms with Gasteiger partial charge in [0.25, 0.3) is 0 Å². The number of benzene rings is 2. The number of methoxy groups -OCH3 is 1. The lowest BCUT2D eigenvalue weighted by molar-refractivity contribution is 0.294. The maximum atomic E-state index is 5.62. The molecule has 0 saturated carbocycles. The summed E-state index contributed by atoms with van der Waals surface area (Å²) < 4.78 is 5.55. The van der Waals surface area contributed by atoms with Crippen LogP contribution in [0.25, 0.3) is 0 Å². The normalized spacial score (nSPS) is 22.7. The smallest absolute Gasteiger partial charge is 0.119 e. The Bertz CT molecular complexity index is 786. The number of ether oxygens (including phenoxy) is 1. The van der Waals surface area contributed by atoms with Gasteiger partial charge in [0.2, 0.25) is 0 Å². The summed E-state index contributed by atoms with van der Waals surface area (Å²) in [6.07, 6.45) is 3.73. The lowest BCUT2D eigenvalue weighted by atomic mass is 9.68. The van der Waals surface area contributed by atoms with Crippen molar-refractivity contribution in [3.63, 3.8) is 0 Å². The van der Waals surface area contributed by atoms with Crippen LogP contribution in [0, 0.1) is 0 Å². The van der Waals surface area contributed by atoms with Crippen LogP contribution < -0.4 is 10.1 Å². The molecule has 4 heteroatoms. The molecule has 1 N–H and O–H groups in total. The highest BCUT2D eigenvalue weighted by Crippen LogP contribution is 2.41. The molecule has 0 amide bonds. The monoisotopic (exact) mass is 366 g/mol. The summed E-state index contributed by atoms with van der Waals surface area (Å²) in [4.78, 5) is 3.44. The average Bonchev–Trinajstić information content (AvgIpc) is 3.22. The van der Waals surface area contributed by atoms with E-state index in [-0.39, 0.29) is 5.41 Å². The van der Waals surface area contributed by atoms with E-state index in [9.17, 15) is 0 Å². The molecular weight excluding hydrogens is 340 g/mol. The Balaban J connectivity index is 1.80. The van der Waals surface area contributed by atoms with Gasteiger partial charge < -0.3 is 15.0 Å². The summed E-state index contributed by atoms with van der Waals surface area (Å²) in [7, 11) is 1.73. The Hall–Kier alpha value is -1.91. The lowest BCUT2D eigenvalue weighted by Gasteiger charge is -2.41. The molecular formula is C22H26N2OS. The molecule has 2 heterocycles. The highest BCUT2D eigenvalue weighted by Gasteiger charge is 2.40. The molecule has 2 aromatic rings. The predicted octanol–water partition coefficient (Wildman–Crippen LogP) is 3.75. The third kappa shape index (κ3) is 3.12. The third-order valence-corrected chi connectivity index (χ3v) is 6.28. The van der Waals surface area contributed by atoms with E-state index in [1.807, 2.05) is 6.07 Å². The van der Waals surface area contributed by atoms with Crippen molar-refractivity contribution in [2.45, 2.75) is 24.7 Å². The van der Waals surface area contributed by atoms with Crippen LogP contribution in [0.2, 0.25) is 0 Å². The van der Waals surface area contributed by atoms with Crippen LogP contribution in [-0.2, 0) is 5.41 Å². The molecule has 2 aliphatic heterocycles. The molecule has 0 aliphatic carbocycles. The number of rotatable bonds is 5. The predicted molar refractivity (Wildman–Crippen MR) is 110 cm³/mol. The van der Waals surface area contributed by atoms with Crippen LogP contribution in [-0.4, -0.2) is 43.2 Å². The number of nitrogens with one attached hydrogen (secondary N) is 1. The number of nitrogens with zero attached hydrogens (tertiary/aromatic N) is 1. The van der Waals surface area contributed by atoms with Crippen molar-refractivity contribution < 1.29 is 4.74 Å². The zero-order valence-electron chi connectivity index (χ0n) is 15.3. The number of thiocarbonyl (C=S) groups is 1. The fourth-order valence-corrected chi connectivity index (χ4v) is 4.65. The van der Waals surface area contributed by atoms with Gasteiger partial charge in [0.1, 0.15) is 10.7 Å². The molecule has 4 rings (SSSR count). The first-order valence-corrected chi connectivity index (χ1v) is 9.88. The van der Waals surface area contributed by atoms with Gasteiger partial charge in [0, 0.05) is 17.5 Å². The van der Waals surface area contributed by atoms with Crippen LogP contribution in [0.15, 0.2) is 48.5 Å². The highest BCUT2D eigenvalue weighted by atomic mass is 32.1. The van der Waals surface area contributed by atoms with Gasteiger partial charge in [-0.1, -0.05) is 42.5 Å². The topological polar surface area (TPSA) is 24.5 Å². The van der Waals surface area contributed by atoms with E-state index in [2.05, 4.69) is 52.7 Å². The van der Waals surface area contributed by atoms with E-state index in [0.717, 1.165) is 35.8 Å². The number of hydrogen-bond acceptors (Lipinski definition) is 3. The van der Waals surface area contributed by atoms with E-state index in [1.165, 1.54) is 37.1 Å². The standard InChI is InChI=1S/C22H26N2OS/c1-25-18-9-10-19-20(15-18)22(16-23-21(19)26,17-7-3-2-4-8-17)11-14-24-12-5-6-13-24/h2-4,7-10,15H,5-6,11-14,16H2,1H3,(H,23,26). The summed E-state index contributed by atoms with van der Waals surface area (Å²) in [6.45, 7) is 4.40. The van der Waals surface area contributed by atoms with Crippen LogP contribution >= 0.6 is 12.2 Å². The van der Waals surface area contributed by atoms with Gasteiger partial charge in [0.05, 0.1) is 7.11 Å². The van der Waals surface area contributed by atoms with E-state index in [4.69, 9.17) is 17.0 Å². The molecule has 2 aromatic carbocycles. The van der Waals surface area contributed by atoms with E-state index < -0.39 is 0 Å². The summed E-state index contributed by atoms with van der Waals surface area (Å²) in [5, 5.41) is 3.51. The molecule has 26 heavy (non-hydrogen) atoms. The van der Waals surface area contributed by atoms with Crippen molar-refractivity contribution >= 4 is 17.2 Å². The van der Waals surface area contributed by atoms with Crippen molar-refractivity contribution in [3.8, 4) is 5.75 Å². The molecule has 0 radical (unpaired) electrons. The molecule has 136 valence electrons. The van der Waals surface area contributed by atoms with Gasteiger partial charge in [-0.25, -0.2) is 0 Å².